The maximum atomic E-state index is 12.1. The molecule has 0 saturated heterocycles. The fraction of sp³-hybridized carbons (Fsp3) is 0.105. The number of nitrogens with zero attached hydrogens (tertiary/aromatic N) is 6. The number of imidazole rings is 1. The Morgan fingerprint density at radius 1 is 1.22 bits per heavy atom. The second-order valence-electron chi connectivity index (χ2n) is 6.04. The van der Waals surface area contributed by atoms with E-state index in [1.54, 1.807) is 24.5 Å². The summed E-state index contributed by atoms with van der Waals surface area (Å²) in [5.74, 6) is 0.864. The van der Waals surface area contributed by atoms with E-state index in [0.717, 1.165) is 21.2 Å². The van der Waals surface area contributed by atoms with E-state index >= 15 is 0 Å². The predicted octanol–water partition coefficient (Wildman–Crippen LogP) is 3.75. The highest BCUT2D eigenvalue weighted by atomic mass is 79.9. The van der Waals surface area contributed by atoms with Crippen LogP contribution in [0.3, 0.4) is 0 Å². The minimum absolute atomic E-state index is 0.128. The van der Waals surface area contributed by atoms with Crippen molar-refractivity contribution in [2.45, 2.75) is 13.8 Å². The van der Waals surface area contributed by atoms with Gasteiger partial charge >= 0.3 is 0 Å². The third kappa shape index (κ3) is 2.92. The fourth-order valence-electron chi connectivity index (χ4n) is 2.92. The van der Waals surface area contributed by atoms with Crippen LogP contribution in [0.5, 0.6) is 0 Å². The Bertz CT molecular complexity index is 1250. The second-order valence-corrected chi connectivity index (χ2v) is 6.95. The average molecular weight is 421 g/mol. The Morgan fingerprint density at radius 2 is 2.04 bits per heavy atom. The number of benzene rings is 1. The van der Waals surface area contributed by atoms with E-state index in [4.69, 9.17) is 5.26 Å². The number of fused-ring (bicyclic) bond motifs is 1. The molecule has 0 N–H and O–H groups in total. The summed E-state index contributed by atoms with van der Waals surface area (Å²) in [7, 11) is 0. The van der Waals surface area contributed by atoms with Gasteiger partial charge in [-0.1, -0.05) is 15.9 Å². The molecule has 0 bridgehead atoms. The number of rotatable bonds is 3. The van der Waals surface area contributed by atoms with Gasteiger partial charge < -0.3 is 0 Å². The van der Waals surface area contributed by atoms with Gasteiger partial charge in [0.15, 0.2) is 17.3 Å². The highest BCUT2D eigenvalue weighted by Gasteiger charge is 2.17. The van der Waals surface area contributed by atoms with Crippen molar-refractivity contribution in [3.8, 4) is 17.7 Å². The lowest BCUT2D eigenvalue weighted by Gasteiger charge is -2.11. The van der Waals surface area contributed by atoms with Gasteiger partial charge in [-0.3, -0.25) is 9.36 Å². The SMILES string of the molecule is CC(=O)c1ccc(-n2cnc3cc(Br)ccc32)nc1-n1nc(C#N)cc1C. The third-order valence-electron chi connectivity index (χ3n) is 4.20. The molecule has 7 nitrogen and oxygen atoms in total. The van der Waals surface area contributed by atoms with Crippen LogP contribution in [0.4, 0.5) is 0 Å². The fourth-order valence-corrected chi connectivity index (χ4v) is 3.27. The van der Waals surface area contributed by atoms with E-state index < -0.39 is 0 Å². The van der Waals surface area contributed by atoms with Crippen LogP contribution in [0.15, 0.2) is 47.2 Å². The van der Waals surface area contributed by atoms with Crippen molar-refractivity contribution in [2.24, 2.45) is 0 Å². The second kappa shape index (κ2) is 6.45. The molecule has 0 aliphatic heterocycles. The molecule has 0 spiro atoms. The molecular weight excluding hydrogens is 408 g/mol. The first-order chi connectivity index (χ1) is 13.0. The summed E-state index contributed by atoms with van der Waals surface area (Å²) >= 11 is 3.44. The number of pyridine rings is 1. The number of halogens is 1. The van der Waals surface area contributed by atoms with Crippen molar-refractivity contribution in [3.05, 3.63) is 64.1 Å². The first-order valence-corrected chi connectivity index (χ1v) is 8.89. The molecule has 0 aliphatic carbocycles. The molecule has 0 fully saturated rings. The minimum atomic E-state index is -0.128. The van der Waals surface area contributed by atoms with Crippen molar-refractivity contribution in [1.82, 2.24) is 24.3 Å². The van der Waals surface area contributed by atoms with Gasteiger partial charge in [0, 0.05) is 10.2 Å². The average Bonchev–Trinajstić information content (AvgIpc) is 3.23. The number of aryl methyl sites for hydroxylation is 1. The largest absolute Gasteiger partial charge is 0.294 e. The summed E-state index contributed by atoms with van der Waals surface area (Å²) in [5, 5.41) is 13.4. The number of carbonyl (C=O) groups is 1. The zero-order valence-corrected chi connectivity index (χ0v) is 16.1. The predicted molar refractivity (Wildman–Crippen MR) is 103 cm³/mol. The third-order valence-corrected chi connectivity index (χ3v) is 4.69. The lowest BCUT2D eigenvalue weighted by molar-refractivity contribution is 0.101. The number of aromatic nitrogens is 5. The Hall–Kier alpha value is -3.31. The van der Waals surface area contributed by atoms with Gasteiger partial charge in [-0.2, -0.15) is 10.4 Å². The van der Waals surface area contributed by atoms with Crippen molar-refractivity contribution < 1.29 is 4.79 Å². The minimum Gasteiger partial charge on any atom is -0.294 e. The number of nitriles is 1. The number of carbonyl (C=O) groups excluding carboxylic acids is 1. The monoisotopic (exact) mass is 420 g/mol. The number of Topliss-reactive ketones (excluding diaryl/α,β-unsaturated/α-hetero) is 1. The zero-order chi connectivity index (χ0) is 19.1. The molecule has 0 radical (unpaired) electrons. The van der Waals surface area contributed by atoms with Crippen molar-refractivity contribution in [3.63, 3.8) is 0 Å². The first kappa shape index (κ1) is 17.1. The lowest BCUT2D eigenvalue weighted by atomic mass is 10.2. The maximum Gasteiger partial charge on any atom is 0.166 e. The Balaban J connectivity index is 1.94. The number of hydrogen-bond donors (Lipinski definition) is 0. The molecular formula is C19H13BrN6O. The Kier molecular flexibility index (Phi) is 4.09. The van der Waals surface area contributed by atoms with Gasteiger partial charge in [0.2, 0.25) is 0 Å². The quantitative estimate of drug-likeness (QED) is 0.470. The molecule has 4 rings (SSSR count). The summed E-state index contributed by atoms with van der Waals surface area (Å²) in [6.45, 7) is 3.30. The topological polar surface area (TPSA) is 89.4 Å². The van der Waals surface area contributed by atoms with Crippen LogP contribution in [-0.4, -0.2) is 30.1 Å². The van der Waals surface area contributed by atoms with Crippen molar-refractivity contribution in [2.75, 3.05) is 0 Å². The maximum absolute atomic E-state index is 12.1. The van der Waals surface area contributed by atoms with Crippen LogP contribution >= 0.6 is 15.9 Å². The van der Waals surface area contributed by atoms with Gasteiger partial charge in [-0.25, -0.2) is 14.6 Å². The highest BCUT2D eigenvalue weighted by molar-refractivity contribution is 9.10. The van der Waals surface area contributed by atoms with Gasteiger partial charge in [-0.05, 0) is 50.2 Å². The summed E-state index contributed by atoms with van der Waals surface area (Å²) in [6, 6.07) is 13.0. The Labute approximate surface area is 163 Å². The van der Waals surface area contributed by atoms with Crippen molar-refractivity contribution >= 4 is 32.7 Å². The van der Waals surface area contributed by atoms with Gasteiger partial charge in [0.25, 0.3) is 0 Å². The van der Waals surface area contributed by atoms with Crippen LogP contribution in [0.25, 0.3) is 22.7 Å². The van der Waals surface area contributed by atoms with Gasteiger partial charge in [0.1, 0.15) is 18.2 Å². The molecule has 0 amide bonds. The van der Waals surface area contributed by atoms with Gasteiger partial charge in [-0.15, -0.1) is 0 Å². The van der Waals surface area contributed by atoms with Crippen LogP contribution in [0, 0.1) is 18.3 Å². The van der Waals surface area contributed by atoms with E-state index in [9.17, 15) is 4.79 Å². The zero-order valence-electron chi connectivity index (χ0n) is 14.5. The number of hydrogen-bond acceptors (Lipinski definition) is 5. The molecule has 0 unspecified atom stereocenters. The normalized spacial score (nSPS) is 10.9. The van der Waals surface area contributed by atoms with Crippen LogP contribution in [0.1, 0.15) is 28.7 Å². The molecule has 8 heteroatoms. The molecule has 0 atom stereocenters. The summed E-state index contributed by atoms with van der Waals surface area (Å²) in [5.41, 5.74) is 3.14. The molecule has 3 heterocycles. The molecule has 0 aliphatic rings. The lowest BCUT2D eigenvalue weighted by Crippen LogP contribution is -2.11. The van der Waals surface area contributed by atoms with E-state index in [2.05, 4.69) is 31.0 Å². The molecule has 0 saturated carbocycles. The molecule has 132 valence electrons. The number of ketones is 1. The molecule has 4 aromatic rings. The van der Waals surface area contributed by atoms with E-state index in [1.807, 2.05) is 35.8 Å². The first-order valence-electron chi connectivity index (χ1n) is 8.10. The van der Waals surface area contributed by atoms with E-state index in [-0.39, 0.29) is 11.5 Å². The molecule has 27 heavy (non-hydrogen) atoms. The summed E-state index contributed by atoms with van der Waals surface area (Å²) in [6.07, 6.45) is 1.69. The van der Waals surface area contributed by atoms with Gasteiger partial charge in [0.05, 0.1) is 16.6 Å². The molecule has 3 aromatic heterocycles. The Morgan fingerprint density at radius 3 is 2.74 bits per heavy atom. The van der Waals surface area contributed by atoms with Crippen LogP contribution in [0.2, 0.25) is 0 Å². The summed E-state index contributed by atoms with van der Waals surface area (Å²) in [4.78, 5) is 21.2. The summed E-state index contributed by atoms with van der Waals surface area (Å²) < 4.78 is 4.31. The smallest absolute Gasteiger partial charge is 0.166 e. The molecule has 1 aromatic carbocycles. The van der Waals surface area contributed by atoms with E-state index in [1.165, 1.54) is 11.6 Å². The van der Waals surface area contributed by atoms with Crippen LogP contribution in [-0.2, 0) is 0 Å². The standard InChI is InChI=1S/C19H13BrN6O/c1-11-7-14(9-21)24-26(11)19-15(12(2)27)4-6-18(23-19)25-10-22-16-8-13(20)3-5-17(16)25/h3-8,10H,1-2H3. The van der Waals surface area contributed by atoms with Crippen molar-refractivity contribution in [1.29, 1.82) is 5.26 Å². The van der Waals surface area contributed by atoms with E-state index in [0.29, 0.717) is 17.2 Å². The highest BCUT2D eigenvalue weighted by Crippen LogP contribution is 2.23. The van der Waals surface area contributed by atoms with Crippen LogP contribution < -0.4 is 0 Å².